The van der Waals surface area contributed by atoms with Gasteiger partial charge in [0.1, 0.15) is 0 Å². The molecule has 0 aromatic carbocycles. The molecule has 0 aliphatic heterocycles. The molecule has 2 unspecified atom stereocenters. The molecule has 1 amide bonds. The smallest absolute Gasteiger partial charge is 0.307 e. The highest BCUT2D eigenvalue weighted by molar-refractivity contribution is 7.16. The number of rotatable bonds is 4. The highest BCUT2D eigenvalue weighted by Gasteiger charge is 2.41. The van der Waals surface area contributed by atoms with Gasteiger partial charge in [-0.1, -0.05) is 11.6 Å². The molecule has 17 heavy (non-hydrogen) atoms. The molecule has 0 saturated heterocycles. The highest BCUT2D eigenvalue weighted by atomic mass is 35.5. The van der Waals surface area contributed by atoms with Crippen LogP contribution in [0.5, 0.6) is 0 Å². The van der Waals surface area contributed by atoms with E-state index in [1.165, 1.54) is 11.3 Å². The topological polar surface area (TPSA) is 66.4 Å². The van der Waals surface area contributed by atoms with E-state index in [2.05, 4.69) is 5.32 Å². The summed E-state index contributed by atoms with van der Waals surface area (Å²) in [7, 11) is 0. The lowest BCUT2D eigenvalue weighted by molar-refractivity contribution is -0.152. The van der Waals surface area contributed by atoms with Gasteiger partial charge in [-0.3, -0.25) is 9.59 Å². The predicted molar refractivity (Wildman–Crippen MR) is 65.0 cm³/mol. The number of thiophene rings is 1. The lowest BCUT2D eigenvalue weighted by Crippen LogP contribution is -2.43. The number of halogens is 1. The van der Waals surface area contributed by atoms with Gasteiger partial charge in [0.15, 0.2) is 0 Å². The Hall–Kier alpha value is -1.07. The zero-order chi connectivity index (χ0) is 12.4. The number of carbonyl (C=O) groups is 2. The van der Waals surface area contributed by atoms with Gasteiger partial charge in [-0.2, -0.15) is 0 Å². The fourth-order valence-electron chi connectivity index (χ4n) is 1.86. The second kappa shape index (κ2) is 5.06. The molecule has 6 heteroatoms. The first-order valence-corrected chi connectivity index (χ1v) is 6.52. The van der Waals surface area contributed by atoms with Crippen LogP contribution >= 0.6 is 22.9 Å². The standard InChI is InChI=1S/C11H12ClNO3S/c12-9-4-1-6(17-9)5-13-10(14)7-2-3-8(7)11(15)16/h1,4,7-8H,2-3,5H2,(H,13,14)(H,15,16). The summed E-state index contributed by atoms with van der Waals surface area (Å²) in [5, 5.41) is 11.6. The summed E-state index contributed by atoms with van der Waals surface area (Å²) in [6.45, 7) is 0.416. The number of hydrogen-bond acceptors (Lipinski definition) is 3. The zero-order valence-electron chi connectivity index (χ0n) is 8.98. The van der Waals surface area contributed by atoms with Gasteiger partial charge in [0.25, 0.3) is 0 Å². The van der Waals surface area contributed by atoms with Gasteiger partial charge >= 0.3 is 5.97 Å². The van der Waals surface area contributed by atoms with Crippen molar-refractivity contribution in [2.24, 2.45) is 11.8 Å². The van der Waals surface area contributed by atoms with Gasteiger partial charge in [0.2, 0.25) is 5.91 Å². The van der Waals surface area contributed by atoms with Crippen molar-refractivity contribution < 1.29 is 14.7 Å². The first kappa shape index (κ1) is 12.4. The van der Waals surface area contributed by atoms with Crippen LogP contribution in [0.25, 0.3) is 0 Å². The summed E-state index contributed by atoms with van der Waals surface area (Å²) >= 11 is 7.18. The first-order chi connectivity index (χ1) is 8.08. The normalized spacial score (nSPS) is 22.9. The minimum absolute atomic E-state index is 0.173. The van der Waals surface area contributed by atoms with E-state index in [0.29, 0.717) is 23.7 Å². The van der Waals surface area contributed by atoms with E-state index in [0.717, 1.165) is 4.88 Å². The largest absolute Gasteiger partial charge is 0.481 e. The number of carboxylic acid groups (broad SMARTS) is 1. The van der Waals surface area contributed by atoms with E-state index in [1.54, 1.807) is 6.07 Å². The Balaban J connectivity index is 1.84. The van der Waals surface area contributed by atoms with Gasteiger partial charge in [0, 0.05) is 4.88 Å². The number of nitrogens with one attached hydrogen (secondary N) is 1. The van der Waals surface area contributed by atoms with E-state index in [1.807, 2.05) is 6.07 Å². The molecular weight excluding hydrogens is 262 g/mol. The summed E-state index contributed by atoms with van der Waals surface area (Å²) in [6.07, 6.45) is 1.26. The molecule has 2 rings (SSSR count). The minimum Gasteiger partial charge on any atom is -0.481 e. The Morgan fingerprint density at radius 3 is 2.59 bits per heavy atom. The third-order valence-electron chi connectivity index (χ3n) is 2.99. The van der Waals surface area contributed by atoms with Crippen molar-refractivity contribution in [3.63, 3.8) is 0 Å². The first-order valence-electron chi connectivity index (χ1n) is 5.32. The molecular formula is C11H12ClNO3S. The highest BCUT2D eigenvalue weighted by Crippen LogP contribution is 2.34. The van der Waals surface area contributed by atoms with Crippen LogP contribution in [-0.4, -0.2) is 17.0 Å². The minimum atomic E-state index is -0.879. The molecule has 1 aromatic heterocycles. The molecule has 1 heterocycles. The van der Waals surface area contributed by atoms with Crippen LogP contribution in [-0.2, 0) is 16.1 Å². The molecule has 0 bridgehead atoms. The maximum Gasteiger partial charge on any atom is 0.307 e. The van der Waals surface area contributed by atoms with Crippen LogP contribution < -0.4 is 5.32 Å². The molecule has 4 nitrogen and oxygen atoms in total. The van der Waals surface area contributed by atoms with Crippen molar-refractivity contribution in [2.75, 3.05) is 0 Å². The van der Waals surface area contributed by atoms with Crippen LogP contribution in [0.15, 0.2) is 12.1 Å². The molecule has 1 fully saturated rings. The third kappa shape index (κ3) is 2.79. The van der Waals surface area contributed by atoms with Gasteiger partial charge in [-0.25, -0.2) is 0 Å². The van der Waals surface area contributed by atoms with Crippen molar-refractivity contribution >= 4 is 34.8 Å². The Labute approximate surface area is 108 Å². The Kier molecular flexibility index (Phi) is 3.69. The number of aliphatic carboxylic acids is 1. The molecule has 0 spiro atoms. The molecule has 1 aliphatic rings. The lowest BCUT2D eigenvalue weighted by atomic mass is 9.73. The number of amides is 1. The van der Waals surface area contributed by atoms with Gasteiger partial charge < -0.3 is 10.4 Å². The van der Waals surface area contributed by atoms with Crippen LogP contribution in [0, 0.1) is 11.8 Å². The monoisotopic (exact) mass is 273 g/mol. The van der Waals surface area contributed by atoms with E-state index in [9.17, 15) is 9.59 Å². The zero-order valence-corrected chi connectivity index (χ0v) is 10.6. The van der Waals surface area contributed by atoms with Crippen molar-refractivity contribution in [1.82, 2.24) is 5.32 Å². The van der Waals surface area contributed by atoms with E-state index < -0.39 is 11.9 Å². The van der Waals surface area contributed by atoms with E-state index in [4.69, 9.17) is 16.7 Å². The molecule has 92 valence electrons. The molecule has 2 N–H and O–H groups in total. The molecule has 1 aromatic rings. The average molecular weight is 274 g/mol. The van der Waals surface area contributed by atoms with Crippen molar-refractivity contribution in [1.29, 1.82) is 0 Å². The molecule has 0 radical (unpaired) electrons. The van der Waals surface area contributed by atoms with E-state index in [-0.39, 0.29) is 11.8 Å². The summed E-state index contributed by atoms with van der Waals surface area (Å²) in [6, 6.07) is 3.62. The maximum atomic E-state index is 11.7. The van der Waals surface area contributed by atoms with E-state index >= 15 is 0 Å². The lowest BCUT2D eigenvalue weighted by Gasteiger charge is -2.31. The van der Waals surface area contributed by atoms with Gasteiger partial charge in [-0.05, 0) is 25.0 Å². The summed E-state index contributed by atoms with van der Waals surface area (Å²) in [5.41, 5.74) is 0. The molecule has 1 saturated carbocycles. The number of hydrogen-bond donors (Lipinski definition) is 2. The summed E-state index contributed by atoms with van der Waals surface area (Å²) < 4.78 is 0.682. The molecule has 2 atom stereocenters. The maximum absolute atomic E-state index is 11.7. The van der Waals surface area contributed by atoms with Crippen molar-refractivity contribution in [3.8, 4) is 0 Å². The van der Waals surface area contributed by atoms with Crippen molar-refractivity contribution in [2.45, 2.75) is 19.4 Å². The van der Waals surface area contributed by atoms with Crippen molar-refractivity contribution in [3.05, 3.63) is 21.3 Å². The Bertz CT molecular complexity index is 446. The van der Waals surface area contributed by atoms with Gasteiger partial charge in [-0.15, -0.1) is 11.3 Å². The predicted octanol–water partition coefficient (Wildman–Crippen LogP) is 2.13. The van der Waals surface area contributed by atoms with Crippen LogP contribution in [0.3, 0.4) is 0 Å². The number of carboxylic acids is 1. The molecule has 1 aliphatic carbocycles. The Morgan fingerprint density at radius 2 is 2.12 bits per heavy atom. The van der Waals surface area contributed by atoms with Crippen LogP contribution in [0.1, 0.15) is 17.7 Å². The average Bonchev–Trinajstić information content (AvgIpc) is 2.58. The van der Waals surface area contributed by atoms with Crippen LogP contribution in [0.2, 0.25) is 4.34 Å². The SMILES string of the molecule is O=C(O)C1CCC1C(=O)NCc1ccc(Cl)s1. The fraction of sp³-hybridized carbons (Fsp3) is 0.455. The van der Waals surface area contributed by atoms with Crippen LogP contribution in [0.4, 0.5) is 0 Å². The fourth-order valence-corrected chi connectivity index (χ4v) is 2.89. The second-order valence-corrected chi connectivity index (χ2v) is 5.85. The number of carbonyl (C=O) groups excluding carboxylic acids is 1. The summed E-state index contributed by atoms with van der Waals surface area (Å²) in [5.74, 6) is -1.94. The second-order valence-electron chi connectivity index (χ2n) is 4.05. The quantitative estimate of drug-likeness (QED) is 0.883. The van der Waals surface area contributed by atoms with Gasteiger partial charge in [0.05, 0.1) is 22.7 Å². The third-order valence-corrected chi connectivity index (χ3v) is 4.23. The Morgan fingerprint density at radius 1 is 1.41 bits per heavy atom. The summed E-state index contributed by atoms with van der Waals surface area (Å²) in [4.78, 5) is 23.5.